The van der Waals surface area contributed by atoms with Crippen LogP contribution in [0.3, 0.4) is 0 Å². The van der Waals surface area contributed by atoms with Crippen LogP contribution in [-0.2, 0) is 4.79 Å². The molecule has 1 saturated carbocycles. The molecule has 0 aromatic rings. The molecule has 0 aromatic heterocycles. The minimum atomic E-state index is -0.738. The average molecular weight is 267 g/mol. The lowest BCUT2D eigenvalue weighted by Gasteiger charge is -2.41. The Morgan fingerprint density at radius 3 is 2.37 bits per heavy atom. The van der Waals surface area contributed by atoms with E-state index in [-0.39, 0.29) is 6.54 Å². The van der Waals surface area contributed by atoms with Crippen LogP contribution < -0.4 is 0 Å². The molecule has 0 radical (unpaired) electrons. The highest BCUT2D eigenvalue weighted by Crippen LogP contribution is 2.41. The second-order valence-electron chi connectivity index (χ2n) is 6.46. The first-order valence-corrected chi connectivity index (χ1v) is 7.47. The van der Waals surface area contributed by atoms with Crippen molar-refractivity contribution in [1.82, 2.24) is 4.90 Å². The highest BCUT2D eigenvalue weighted by Gasteiger charge is 2.33. The van der Waals surface area contributed by atoms with Crippen molar-refractivity contribution in [2.24, 2.45) is 11.3 Å². The molecule has 1 N–H and O–H groups in total. The van der Waals surface area contributed by atoms with Gasteiger partial charge in [-0.2, -0.15) is 0 Å². The summed E-state index contributed by atoms with van der Waals surface area (Å²) >= 11 is 0. The number of hydrogen-bond donors (Lipinski definition) is 1. The van der Waals surface area contributed by atoms with Crippen molar-refractivity contribution in [2.45, 2.75) is 58.9 Å². The molecule has 0 aliphatic heterocycles. The number of nitrogens with zero attached hydrogens (tertiary/aromatic N) is 1. The van der Waals surface area contributed by atoms with Crippen molar-refractivity contribution in [3.8, 4) is 0 Å². The number of carbonyl (C=O) groups is 1. The van der Waals surface area contributed by atoms with Gasteiger partial charge in [0.15, 0.2) is 0 Å². The van der Waals surface area contributed by atoms with Crippen LogP contribution in [0.1, 0.15) is 52.9 Å². The van der Waals surface area contributed by atoms with Crippen LogP contribution in [-0.4, -0.2) is 35.1 Å². The molecular weight excluding hydrogens is 238 g/mol. The van der Waals surface area contributed by atoms with E-state index in [0.717, 1.165) is 18.8 Å². The molecule has 0 heterocycles. The molecule has 1 rings (SSSR count). The highest BCUT2D eigenvalue weighted by molar-refractivity contribution is 5.69. The Kier molecular flexibility index (Phi) is 6.05. The lowest BCUT2D eigenvalue weighted by molar-refractivity contribution is -0.139. The van der Waals surface area contributed by atoms with Crippen LogP contribution in [0.25, 0.3) is 0 Å². The Bertz CT molecular complexity index is 304. The van der Waals surface area contributed by atoms with Crippen molar-refractivity contribution < 1.29 is 9.90 Å². The second-order valence-corrected chi connectivity index (χ2v) is 6.46. The Hall–Kier alpha value is -0.830. The van der Waals surface area contributed by atoms with Crippen LogP contribution in [0.2, 0.25) is 0 Å². The fourth-order valence-electron chi connectivity index (χ4n) is 3.19. The van der Waals surface area contributed by atoms with Gasteiger partial charge in [0, 0.05) is 12.6 Å². The fourth-order valence-corrected chi connectivity index (χ4v) is 3.19. The molecule has 19 heavy (non-hydrogen) atoms. The number of carboxylic acids is 1. The second kappa shape index (κ2) is 7.09. The minimum absolute atomic E-state index is 0.137. The van der Waals surface area contributed by atoms with Gasteiger partial charge in [0.2, 0.25) is 0 Å². The van der Waals surface area contributed by atoms with Gasteiger partial charge < -0.3 is 5.11 Å². The van der Waals surface area contributed by atoms with Gasteiger partial charge in [0.05, 0.1) is 6.54 Å². The smallest absolute Gasteiger partial charge is 0.317 e. The van der Waals surface area contributed by atoms with Crippen LogP contribution >= 0.6 is 0 Å². The van der Waals surface area contributed by atoms with Gasteiger partial charge >= 0.3 is 5.97 Å². The van der Waals surface area contributed by atoms with Crippen molar-refractivity contribution in [1.29, 1.82) is 0 Å². The largest absolute Gasteiger partial charge is 0.480 e. The highest BCUT2D eigenvalue weighted by atomic mass is 16.4. The SMILES string of the molecule is C=CCN(CC(=O)O)C1CCC(C(C)(C)CC)CC1. The zero-order valence-corrected chi connectivity index (χ0v) is 12.7. The maximum Gasteiger partial charge on any atom is 0.317 e. The Labute approximate surface area is 117 Å². The lowest BCUT2D eigenvalue weighted by Crippen LogP contribution is -2.42. The van der Waals surface area contributed by atoms with Crippen molar-refractivity contribution in [2.75, 3.05) is 13.1 Å². The number of rotatable bonds is 7. The normalized spacial score (nSPS) is 24.4. The summed E-state index contributed by atoms with van der Waals surface area (Å²) in [6, 6.07) is 0.415. The van der Waals surface area contributed by atoms with E-state index >= 15 is 0 Å². The summed E-state index contributed by atoms with van der Waals surface area (Å²) in [5.41, 5.74) is 0.418. The Morgan fingerprint density at radius 2 is 1.95 bits per heavy atom. The first-order chi connectivity index (χ1) is 8.90. The van der Waals surface area contributed by atoms with E-state index in [1.807, 2.05) is 6.08 Å². The van der Waals surface area contributed by atoms with E-state index in [9.17, 15) is 4.79 Å². The van der Waals surface area contributed by atoms with Gasteiger partial charge in [-0.1, -0.05) is 33.3 Å². The summed E-state index contributed by atoms with van der Waals surface area (Å²) in [5, 5.41) is 8.98. The molecule has 1 fully saturated rings. The zero-order valence-electron chi connectivity index (χ0n) is 12.7. The fraction of sp³-hybridized carbons (Fsp3) is 0.812. The predicted octanol–water partition coefficient (Wildman–Crippen LogP) is 3.55. The third-order valence-electron chi connectivity index (χ3n) is 4.93. The van der Waals surface area contributed by atoms with Gasteiger partial charge in [0.1, 0.15) is 0 Å². The molecule has 0 saturated heterocycles. The molecule has 0 spiro atoms. The molecule has 0 aromatic carbocycles. The topological polar surface area (TPSA) is 40.5 Å². The van der Waals surface area contributed by atoms with Gasteiger partial charge in [0.25, 0.3) is 0 Å². The molecule has 0 bridgehead atoms. The van der Waals surface area contributed by atoms with E-state index in [4.69, 9.17) is 5.11 Å². The average Bonchev–Trinajstić information content (AvgIpc) is 2.38. The van der Waals surface area contributed by atoms with Gasteiger partial charge in [-0.25, -0.2) is 0 Å². The number of aliphatic carboxylic acids is 1. The number of hydrogen-bond acceptors (Lipinski definition) is 2. The number of carboxylic acid groups (broad SMARTS) is 1. The van der Waals surface area contributed by atoms with Crippen LogP contribution in [0.15, 0.2) is 12.7 Å². The quantitative estimate of drug-likeness (QED) is 0.717. The van der Waals surface area contributed by atoms with E-state index in [1.54, 1.807) is 0 Å². The Morgan fingerprint density at radius 1 is 1.37 bits per heavy atom. The molecule has 3 heteroatoms. The molecule has 0 unspecified atom stereocenters. The van der Waals surface area contributed by atoms with E-state index in [0.29, 0.717) is 18.0 Å². The lowest BCUT2D eigenvalue weighted by atomic mass is 9.68. The monoisotopic (exact) mass is 267 g/mol. The van der Waals surface area contributed by atoms with Crippen molar-refractivity contribution >= 4 is 5.97 Å². The molecular formula is C16H29NO2. The summed E-state index contributed by atoms with van der Waals surface area (Å²) < 4.78 is 0. The van der Waals surface area contributed by atoms with E-state index in [2.05, 4.69) is 32.3 Å². The van der Waals surface area contributed by atoms with Crippen molar-refractivity contribution in [3.05, 3.63) is 12.7 Å². The molecule has 0 atom stereocenters. The minimum Gasteiger partial charge on any atom is -0.480 e. The maximum atomic E-state index is 10.9. The molecule has 1 aliphatic carbocycles. The van der Waals surface area contributed by atoms with Crippen LogP contribution in [0.5, 0.6) is 0 Å². The van der Waals surface area contributed by atoms with Gasteiger partial charge in [-0.3, -0.25) is 9.69 Å². The maximum absolute atomic E-state index is 10.9. The first kappa shape index (κ1) is 16.2. The summed E-state index contributed by atoms with van der Waals surface area (Å²) in [6.45, 7) is 11.5. The van der Waals surface area contributed by atoms with Crippen LogP contribution in [0.4, 0.5) is 0 Å². The molecule has 3 nitrogen and oxygen atoms in total. The van der Waals surface area contributed by atoms with Gasteiger partial charge in [-0.15, -0.1) is 6.58 Å². The van der Waals surface area contributed by atoms with Crippen molar-refractivity contribution in [3.63, 3.8) is 0 Å². The summed E-state index contributed by atoms with van der Waals surface area (Å²) in [6.07, 6.45) is 7.71. The molecule has 110 valence electrons. The zero-order chi connectivity index (χ0) is 14.5. The van der Waals surface area contributed by atoms with E-state index in [1.165, 1.54) is 19.3 Å². The third kappa shape index (κ3) is 4.64. The predicted molar refractivity (Wildman–Crippen MR) is 79.2 cm³/mol. The van der Waals surface area contributed by atoms with Gasteiger partial charge in [-0.05, 0) is 37.0 Å². The third-order valence-corrected chi connectivity index (χ3v) is 4.93. The summed E-state index contributed by atoms with van der Waals surface area (Å²) in [7, 11) is 0. The molecule has 0 amide bonds. The van der Waals surface area contributed by atoms with Crippen LogP contribution in [0, 0.1) is 11.3 Å². The standard InChI is InChI=1S/C16H29NO2/c1-5-11-17(12-15(18)19)14-9-7-13(8-10-14)16(3,4)6-2/h5,13-14H,1,6-12H2,2-4H3,(H,18,19). The first-order valence-electron chi connectivity index (χ1n) is 7.47. The summed E-state index contributed by atoms with van der Waals surface area (Å²) in [4.78, 5) is 13.0. The van der Waals surface area contributed by atoms with E-state index < -0.39 is 5.97 Å². The molecule has 1 aliphatic rings. The Balaban J connectivity index is 2.55. The summed E-state index contributed by atoms with van der Waals surface area (Å²) in [5.74, 6) is 0.0435.